The molecule has 2 saturated carbocycles. The van der Waals surface area contributed by atoms with Crippen LogP contribution in [0.25, 0.3) is 0 Å². The summed E-state index contributed by atoms with van der Waals surface area (Å²) < 4.78 is 28.1. The van der Waals surface area contributed by atoms with E-state index in [-0.39, 0.29) is 23.4 Å². The third kappa shape index (κ3) is 4.04. The fraction of sp³-hybridized carbons (Fsp3) is 0.435. The first-order valence-corrected chi connectivity index (χ1v) is 11.7. The van der Waals surface area contributed by atoms with E-state index in [0.717, 1.165) is 17.5 Å². The molecule has 3 atom stereocenters. The van der Waals surface area contributed by atoms with Gasteiger partial charge in [0.05, 0.1) is 10.6 Å². The highest BCUT2D eigenvalue weighted by molar-refractivity contribution is 7.92. The summed E-state index contributed by atoms with van der Waals surface area (Å²) in [5.41, 5.74) is 2.34. The number of hydrogen-bond donors (Lipinski definition) is 1. The Labute approximate surface area is 173 Å². The summed E-state index contributed by atoms with van der Waals surface area (Å²) in [5, 5.41) is 3.12. The van der Waals surface area contributed by atoms with Crippen LogP contribution in [0.4, 0.5) is 5.69 Å². The highest BCUT2D eigenvalue weighted by Gasteiger charge is 2.40. The third-order valence-corrected chi connectivity index (χ3v) is 8.14. The normalized spacial score (nSPS) is 23.2. The molecule has 2 aliphatic carbocycles. The molecule has 2 bridgehead atoms. The van der Waals surface area contributed by atoms with E-state index in [0.29, 0.717) is 17.5 Å². The topological polar surface area (TPSA) is 66.5 Å². The van der Waals surface area contributed by atoms with Crippen LogP contribution in [0.15, 0.2) is 53.4 Å². The summed E-state index contributed by atoms with van der Waals surface area (Å²) in [5.74, 6) is 1.03. The minimum atomic E-state index is -3.86. The second kappa shape index (κ2) is 7.82. The van der Waals surface area contributed by atoms with Gasteiger partial charge in [0.2, 0.25) is 5.91 Å². The average molecular weight is 413 g/mol. The number of anilines is 1. The number of rotatable bonds is 6. The lowest BCUT2D eigenvalue weighted by molar-refractivity contribution is -0.120. The maximum Gasteiger partial charge on any atom is 0.264 e. The standard InChI is InChI=1S/C23H28N2O3S/c1-16-7-11-20(12-8-16)29(27,28)25(22-6-4-3-5-17(22)2)15-23(26)24-21-14-18-9-10-19(21)13-18/h3-8,11-12,18-19,21H,9-10,13-15H2,1-2H3,(H,24,26). The molecular weight excluding hydrogens is 384 g/mol. The third-order valence-electron chi connectivity index (χ3n) is 6.36. The second-order valence-corrected chi connectivity index (χ2v) is 10.3. The van der Waals surface area contributed by atoms with Gasteiger partial charge in [0.15, 0.2) is 0 Å². The van der Waals surface area contributed by atoms with E-state index in [4.69, 9.17) is 0 Å². The van der Waals surface area contributed by atoms with Crippen LogP contribution >= 0.6 is 0 Å². The van der Waals surface area contributed by atoms with E-state index in [1.54, 1.807) is 36.4 Å². The molecule has 3 unspecified atom stereocenters. The number of carbonyl (C=O) groups is 1. The van der Waals surface area contributed by atoms with Crippen LogP contribution in [0.1, 0.15) is 36.8 Å². The number of nitrogens with zero attached hydrogens (tertiary/aromatic N) is 1. The van der Waals surface area contributed by atoms with Gasteiger partial charge in [0.25, 0.3) is 10.0 Å². The van der Waals surface area contributed by atoms with Crippen LogP contribution in [0.2, 0.25) is 0 Å². The van der Waals surface area contributed by atoms with Gasteiger partial charge in [0, 0.05) is 6.04 Å². The van der Waals surface area contributed by atoms with E-state index >= 15 is 0 Å². The first-order valence-electron chi connectivity index (χ1n) is 10.3. The van der Waals surface area contributed by atoms with E-state index in [1.165, 1.54) is 23.6 Å². The Morgan fingerprint density at radius 1 is 1.03 bits per heavy atom. The number of aryl methyl sites for hydroxylation is 2. The first kappa shape index (κ1) is 20.0. The molecule has 1 amide bonds. The van der Waals surface area contributed by atoms with Crippen molar-refractivity contribution in [3.8, 4) is 0 Å². The quantitative estimate of drug-likeness (QED) is 0.785. The number of amides is 1. The van der Waals surface area contributed by atoms with Crippen molar-refractivity contribution in [3.05, 3.63) is 59.7 Å². The summed E-state index contributed by atoms with van der Waals surface area (Å²) in [6.45, 7) is 3.56. The molecule has 6 heteroatoms. The van der Waals surface area contributed by atoms with Crippen LogP contribution in [-0.4, -0.2) is 26.9 Å². The average Bonchev–Trinajstić information content (AvgIpc) is 3.30. The van der Waals surface area contributed by atoms with Gasteiger partial charge in [-0.05, 0) is 68.7 Å². The van der Waals surface area contributed by atoms with Crippen LogP contribution in [0.3, 0.4) is 0 Å². The predicted molar refractivity (Wildman–Crippen MR) is 114 cm³/mol. The summed E-state index contributed by atoms with van der Waals surface area (Å²) in [6.07, 6.45) is 4.63. The molecule has 2 aromatic carbocycles. The number of fused-ring (bicyclic) bond motifs is 2. The predicted octanol–water partition coefficient (Wildman–Crippen LogP) is 3.80. The highest BCUT2D eigenvalue weighted by atomic mass is 32.2. The molecule has 154 valence electrons. The van der Waals surface area contributed by atoms with Crippen LogP contribution < -0.4 is 9.62 Å². The van der Waals surface area contributed by atoms with Gasteiger partial charge < -0.3 is 5.32 Å². The molecule has 4 rings (SSSR count). The van der Waals surface area contributed by atoms with Crippen molar-refractivity contribution in [2.24, 2.45) is 11.8 Å². The number of para-hydroxylation sites is 1. The molecule has 2 fully saturated rings. The molecule has 5 nitrogen and oxygen atoms in total. The van der Waals surface area contributed by atoms with Crippen molar-refractivity contribution in [2.45, 2.75) is 50.5 Å². The highest BCUT2D eigenvalue weighted by Crippen LogP contribution is 2.44. The van der Waals surface area contributed by atoms with Gasteiger partial charge in [-0.1, -0.05) is 42.3 Å². The Morgan fingerprint density at radius 3 is 2.38 bits per heavy atom. The van der Waals surface area contributed by atoms with Crippen molar-refractivity contribution < 1.29 is 13.2 Å². The van der Waals surface area contributed by atoms with Gasteiger partial charge in [-0.2, -0.15) is 0 Å². The number of carbonyl (C=O) groups excluding carboxylic acids is 1. The van der Waals surface area contributed by atoms with Crippen LogP contribution in [-0.2, 0) is 14.8 Å². The lowest BCUT2D eigenvalue weighted by Gasteiger charge is -2.28. The van der Waals surface area contributed by atoms with Gasteiger partial charge >= 0.3 is 0 Å². The molecule has 29 heavy (non-hydrogen) atoms. The van der Waals surface area contributed by atoms with E-state index < -0.39 is 10.0 Å². The number of hydrogen-bond acceptors (Lipinski definition) is 3. The molecule has 2 aromatic rings. The Balaban J connectivity index is 1.61. The second-order valence-electron chi connectivity index (χ2n) is 8.46. The van der Waals surface area contributed by atoms with Crippen molar-refractivity contribution in [1.82, 2.24) is 5.32 Å². The number of benzene rings is 2. The lowest BCUT2D eigenvalue weighted by atomic mass is 9.95. The van der Waals surface area contributed by atoms with Crippen molar-refractivity contribution in [3.63, 3.8) is 0 Å². The van der Waals surface area contributed by atoms with Crippen molar-refractivity contribution >= 4 is 21.6 Å². The Hall–Kier alpha value is -2.34. The van der Waals surface area contributed by atoms with Crippen molar-refractivity contribution in [1.29, 1.82) is 0 Å². The van der Waals surface area contributed by atoms with Gasteiger partial charge in [-0.3, -0.25) is 9.10 Å². The fourth-order valence-electron chi connectivity index (χ4n) is 4.78. The zero-order valence-electron chi connectivity index (χ0n) is 17.0. The molecule has 0 aromatic heterocycles. The summed E-state index contributed by atoms with van der Waals surface area (Å²) >= 11 is 0. The maximum absolute atomic E-state index is 13.4. The molecular formula is C23H28N2O3S. The van der Waals surface area contributed by atoms with E-state index in [9.17, 15) is 13.2 Å². The number of nitrogens with one attached hydrogen (secondary N) is 1. The van der Waals surface area contributed by atoms with E-state index in [1.807, 2.05) is 26.0 Å². The van der Waals surface area contributed by atoms with Crippen LogP contribution in [0.5, 0.6) is 0 Å². The van der Waals surface area contributed by atoms with Gasteiger partial charge in [-0.25, -0.2) is 8.42 Å². The molecule has 0 saturated heterocycles. The molecule has 2 aliphatic rings. The molecule has 1 N–H and O–H groups in total. The maximum atomic E-state index is 13.4. The van der Waals surface area contributed by atoms with Crippen molar-refractivity contribution in [2.75, 3.05) is 10.8 Å². The van der Waals surface area contributed by atoms with Gasteiger partial charge in [-0.15, -0.1) is 0 Å². The Bertz CT molecular complexity index is 1000. The summed E-state index contributed by atoms with van der Waals surface area (Å²) in [4.78, 5) is 13.1. The monoisotopic (exact) mass is 412 g/mol. The minimum Gasteiger partial charge on any atom is -0.352 e. The van der Waals surface area contributed by atoms with Gasteiger partial charge in [0.1, 0.15) is 6.54 Å². The zero-order chi connectivity index (χ0) is 20.6. The molecule has 0 aliphatic heterocycles. The smallest absolute Gasteiger partial charge is 0.264 e. The Kier molecular flexibility index (Phi) is 5.38. The molecule has 0 heterocycles. The lowest BCUT2D eigenvalue weighted by Crippen LogP contribution is -2.46. The largest absolute Gasteiger partial charge is 0.352 e. The number of sulfonamides is 1. The summed E-state index contributed by atoms with van der Waals surface area (Å²) in [6, 6.07) is 14.2. The Morgan fingerprint density at radius 2 is 1.76 bits per heavy atom. The SMILES string of the molecule is Cc1ccc(S(=O)(=O)N(CC(=O)NC2CC3CCC2C3)c2ccccc2C)cc1. The zero-order valence-corrected chi connectivity index (χ0v) is 17.8. The molecule has 0 spiro atoms. The minimum absolute atomic E-state index is 0.182. The first-order chi connectivity index (χ1) is 13.8. The molecule has 0 radical (unpaired) electrons. The summed E-state index contributed by atoms with van der Waals surface area (Å²) in [7, 11) is -3.86. The van der Waals surface area contributed by atoms with Crippen LogP contribution in [0, 0.1) is 25.7 Å². The van der Waals surface area contributed by atoms with E-state index in [2.05, 4.69) is 5.32 Å². The fourth-order valence-corrected chi connectivity index (χ4v) is 6.27.